The number of ether oxygens (including phenoxy) is 1. The minimum absolute atomic E-state index is 0.134. The minimum atomic E-state index is -4.45. The van der Waals surface area contributed by atoms with Crippen molar-refractivity contribution in [1.29, 1.82) is 0 Å². The van der Waals surface area contributed by atoms with Gasteiger partial charge in [-0.2, -0.15) is 13.2 Å². The molecule has 0 saturated heterocycles. The standard InChI is InChI=1S/C11H15F3N2O2/c1-18-7-8(17)5-6-15-10-4-2-3-9(16-10)11(12,13)14/h2-4,8,17H,5-7H2,1H3,(H,15,16). The highest BCUT2D eigenvalue weighted by Crippen LogP contribution is 2.28. The first-order valence-electron chi connectivity index (χ1n) is 5.38. The van der Waals surface area contributed by atoms with Gasteiger partial charge in [0.05, 0.1) is 12.7 Å². The van der Waals surface area contributed by atoms with Gasteiger partial charge in [-0.25, -0.2) is 4.98 Å². The molecule has 7 heteroatoms. The zero-order valence-electron chi connectivity index (χ0n) is 9.87. The molecule has 1 rings (SSSR count). The number of methoxy groups -OCH3 is 1. The van der Waals surface area contributed by atoms with Crippen molar-refractivity contribution in [3.05, 3.63) is 23.9 Å². The molecule has 0 saturated carbocycles. The molecule has 1 atom stereocenters. The topological polar surface area (TPSA) is 54.4 Å². The van der Waals surface area contributed by atoms with Gasteiger partial charge >= 0.3 is 6.18 Å². The van der Waals surface area contributed by atoms with Crippen LogP contribution in [0.1, 0.15) is 12.1 Å². The van der Waals surface area contributed by atoms with Crippen LogP contribution >= 0.6 is 0 Å². The third-order valence-electron chi connectivity index (χ3n) is 2.18. The van der Waals surface area contributed by atoms with Crippen molar-refractivity contribution in [3.8, 4) is 0 Å². The summed E-state index contributed by atoms with van der Waals surface area (Å²) in [5.74, 6) is 0.134. The molecule has 4 nitrogen and oxygen atoms in total. The van der Waals surface area contributed by atoms with Crippen molar-refractivity contribution < 1.29 is 23.0 Å². The molecule has 0 amide bonds. The molecule has 102 valence electrons. The fourth-order valence-electron chi connectivity index (χ4n) is 1.33. The molecule has 0 aliphatic heterocycles. The Morgan fingerprint density at radius 1 is 1.44 bits per heavy atom. The van der Waals surface area contributed by atoms with Crippen molar-refractivity contribution in [2.75, 3.05) is 25.6 Å². The Morgan fingerprint density at radius 3 is 2.78 bits per heavy atom. The van der Waals surface area contributed by atoms with E-state index in [2.05, 4.69) is 10.3 Å². The molecule has 0 aliphatic carbocycles. The lowest BCUT2D eigenvalue weighted by Gasteiger charge is -2.11. The molecule has 1 unspecified atom stereocenters. The summed E-state index contributed by atoms with van der Waals surface area (Å²) in [6, 6.07) is 3.63. The molecule has 0 aromatic carbocycles. The lowest BCUT2D eigenvalue weighted by atomic mass is 10.2. The molecule has 1 heterocycles. The quantitative estimate of drug-likeness (QED) is 0.824. The van der Waals surface area contributed by atoms with Gasteiger partial charge in [-0.15, -0.1) is 0 Å². The molecule has 0 radical (unpaired) electrons. The number of anilines is 1. The van der Waals surface area contributed by atoms with Gasteiger partial charge in [0.2, 0.25) is 0 Å². The second kappa shape index (κ2) is 6.55. The van der Waals surface area contributed by atoms with E-state index in [1.54, 1.807) is 0 Å². The van der Waals surface area contributed by atoms with Gasteiger partial charge in [0.25, 0.3) is 0 Å². The van der Waals surface area contributed by atoms with Crippen LogP contribution in [0, 0.1) is 0 Å². The average Bonchev–Trinajstić information content (AvgIpc) is 2.29. The Bertz CT molecular complexity index is 372. The molecular weight excluding hydrogens is 249 g/mol. The first-order valence-corrected chi connectivity index (χ1v) is 5.38. The van der Waals surface area contributed by atoms with Gasteiger partial charge in [0.1, 0.15) is 11.5 Å². The average molecular weight is 264 g/mol. The van der Waals surface area contributed by atoms with Gasteiger partial charge in [0, 0.05) is 13.7 Å². The SMILES string of the molecule is COCC(O)CCNc1cccc(C(F)(F)F)n1. The van der Waals surface area contributed by atoms with Crippen LogP contribution in [0.15, 0.2) is 18.2 Å². The molecular formula is C11H15F3N2O2. The number of rotatable bonds is 6. The summed E-state index contributed by atoms with van der Waals surface area (Å²) in [4.78, 5) is 3.44. The van der Waals surface area contributed by atoms with Crippen LogP contribution in [0.2, 0.25) is 0 Å². The van der Waals surface area contributed by atoms with E-state index in [-0.39, 0.29) is 12.4 Å². The van der Waals surface area contributed by atoms with E-state index < -0.39 is 18.0 Å². The molecule has 0 spiro atoms. The monoisotopic (exact) mass is 264 g/mol. The second-order valence-electron chi connectivity index (χ2n) is 3.73. The predicted octanol–water partition coefficient (Wildman–Crippen LogP) is 1.91. The van der Waals surface area contributed by atoms with E-state index in [4.69, 9.17) is 4.74 Å². The summed E-state index contributed by atoms with van der Waals surface area (Å²) in [5.41, 5.74) is -0.940. The van der Waals surface area contributed by atoms with Gasteiger partial charge in [0.15, 0.2) is 0 Å². The van der Waals surface area contributed by atoms with Crippen molar-refractivity contribution in [1.82, 2.24) is 4.98 Å². The maximum absolute atomic E-state index is 12.4. The van der Waals surface area contributed by atoms with E-state index >= 15 is 0 Å². The van der Waals surface area contributed by atoms with Crippen molar-refractivity contribution in [3.63, 3.8) is 0 Å². The Kier molecular flexibility index (Phi) is 5.36. The number of hydrogen-bond donors (Lipinski definition) is 2. The molecule has 0 bridgehead atoms. The van der Waals surface area contributed by atoms with Crippen LogP contribution in [-0.4, -0.2) is 36.5 Å². The van der Waals surface area contributed by atoms with Gasteiger partial charge < -0.3 is 15.2 Å². The smallest absolute Gasteiger partial charge is 0.391 e. The van der Waals surface area contributed by atoms with Gasteiger partial charge in [-0.3, -0.25) is 0 Å². The fourth-order valence-corrected chi connectivity index (χ4v) is 1.33. The van der Waals surface area contributed by atoms with E-state index in [0.717, 1.165) is 6.07 Å². The molecule has 0 fully saturated rings. The Hall–Kier alpha value is -1.34. The first kappa shape index (κ1) is 14.7. The predicted molar refractivity (Wildman–Crippen MR) is 60.2 cm³/mol. The summed E-state index contributed by atoms with van der Waals surface area (Å²) in [7, 11) is 1.46. The fraction of sp³-hybridized carbons (Fsp3) is 0.545. The first-order chi connectivity index (χ1) is 8.43. The van der Waals surface area contributed by atoms with E-state index in [0.29, 0.717) is 13.0 Å². The molecule has 2 N–H and O–H groups in total. The number of alkyl halides is 3. The summed E-state index contributed by atoms with van der Waals surface area (Å²) in [6.07, 6.45) is -4.73. The van der Waals surface area contributed by atoms with E-state index in [1.165, 1.54) is 19.2 Å². The van der Waals surface area contributed by atoms with Crippen LogP contribution < -0.4 is 5.32 Å². The number of halogens is 3. The van der Waals surface area contributed by atoms with Crippen molar-refractivity contribution in [2.45, 2.75) is 18.7 Å². The molecule has 18 heavy (non-hydrogen) atoms. The lowest BCUT2D eigenvalue weighted by Crippen LogP contribution is -2.19. The Balaban J connectivity index is 2.48. The number of nitrogens with zero attached hydrogens (tertiary/aromatic N) is 1. The van der Waals surface area contributed by atoms with Crippen LogP contribution in [0.5, 0.6) is 0 Å². The molecule has 0 aliphatic rings. The maximum Gasteiger partial charge on any atom is 0.433 e. The normalized spacial score (nSPS) is 13.4. The van der Waals surface area contributed by atoms with Crippen LogP contribution in [-0.2, 0) is 10.9 Å². The summed E-state index contributed by atoms with van der Waals surface area (Å²) >= 11 is 0. The van der Waals surface area contributed by atoms with E-state index in [9.17, 15) is 18.3 Å². The molecule has 1 aromatic heterocycles. The Labute approximate surface area is 103 Å². The van der Waals surface area contributed by atoms with Crippen LogP contribution in [0.25, 0.3) is 0 Å². The number of pyridine rings is 1. The zero-order chi connectivity index (χ0) is 13.6. The Morgan fingerprint density at radius 2 is 2.17 bits per heavy atom. The van der Waals surface area contributed by atoms with Crippen LogP contribution in [0.3, 0.4) is 0 Å². The highest BCUT2D eigenvalue weighted by molar-refractivity contribution is 5.35. The largest absolute Gasteiger partial charge is 0.433 e. The van der Waals surface area contributed by atoms with E-state index in [1.807, 2.05) is 0 Å². The highest BCUT2D eigenvalue weighted by Gasteiger charge is 2.32. The number of aliphatic hydroxyl groups excluding tert-OH is 1. The highest BCUT2D eigenvalue weighted by atomic mass is 19.4. The van der Waals surface area contributed by atoms with Gasteiger partial charge in [-0.1, -0.05) is 6.07 Å². The second-order valence-corrected chi connectivity index (χ2v) is 3.73. The lowest BCUT2D eigenvalue weighted by molar-refractivity contribution is -0.141. The van der Waals surface area contributed by atoms with Crippen molar-refractivity contribution >= 4 is 5.82 Å². The summed E-state index contributed by atoms with van der Waals surface area (Å²) in [6.45, 7) is 0.510. The minimum Gasteiger partial charge on any atom is -0.391 e. The van der Waals surface area contributed by atoms with Crippen molar-refractivity contribution in [2.24, 2.45) is 0 Å². The van der Waals surface area contributed by atoms with Gasteiger partial charge in [-0.05, 0) is 18.6 Å². The summed E-state index contributed by atoms with van der Waals surface area (Å²) < 4.78 is 41.8. The third kappa shape index (κ3) is 4.89. The number of nitrogens with one attached hydrogen (secondary N) is 1. The third-order valence-corrected chi connectivity index (χ3v) is 2.18. The zero-order valence-corrected chi connectivity index (χ0v) is 9.87. The summed E-state index contributed by atoms with van der Waals surface area (Å²) in [5, 5.41) is 12.1. The number of aromatic nitrogens is 1. The number of hydrogen-bond acceptors (Lipinski definition) is 4. The number of aliphatic hydroxyl groups is 1. The van der Waals surface area contributed by atoms with Crippen LogP contribution in [0.4, 0.5) is 19.0 Å². The maximum atomic E-state index is 12.4. The molecule has 1 aromatic rings.